The summed E-state index contributed by atoms with van der Waals surface area (Å²) in [6, 6.07) is -0.932. The lowest BCUT2D eigenvalue weighted by molar-refractivity contribution is -0.159. The van der Waals surface area contributed by atoms with Crippen molar-refractivity contribution >= 4 is 23.7 Å². The predicted octanol–water partition coefficient (Wildman–Crippen LogP) is 2.35. The van der Waals surface area contributed by atoms with Crippen molar-refractivity contribution < 1.29 is 33.8 Å². The molecule has 1 spiro atoms. The Balaban J connectivity index is 1.81. The van der Waals surface area contributed by atoms with Crippen LogP contribution in [-0.4, -0.2) is 94.7 Å². The van der Waals surface area contributed by atoms with Crippen LogP contribution in [0.4, 0.5) is 0 Å². The maximum absolute atomic E-state index is 14.1. The smallest absolute Gasteiger partial charge is 0.312 e. The molecule has 3 heterocycles. The second-order valence-electron chi connectivity index (χ2n) is 11.5. The molecule has 0 unspecified atom stereocenters. The number of nitrogens with zero attached hydrogens (tertiary/aromatic N) is 2. The van der Waals surface area contributed by atoms with Crippen LogP contribution in [0.25, 0.3) is 0 Å². The number of likely N-dealkylation sites (tertiary alicyclic amines) is 1. The lowest BCUT2D eigenvalue weighted by Crippen LogP contribution is -2.57. The van der Waals surface area contributed by atoms with Crippen LogP contribution in [0.3, 0.4) is 0 Å². The van der Waals surface area contributed by atoms with E-state index in [9.17, 15) is 19.2 Å². The van der Waals surface area contributed by atoms with E-state index in [1.807, 2.05) is 13.8 Å². The molecule has 3 aliphatic rings. The normalized spacial score (nSPS) is 27.4. The molecule has 3 amide bonds. The fourth-order valence-corrected chi connectivity index (χ4v) is 6.44. The summed E-state index contributed by atoms with van der Waals surface area (Å²) < 4.78 is 12.2. The summed E-state index contributed by atoms with van der Waals surface area (Å²) in [5.41, 5.74) is -1.08. The largest absolute Gasteiger partial charge is 0.460 e. The Morgan fingerprint density at radius 1 is 1.20 bits per heavy atom. The summed E-state index contributed by atoms with van der Waals surface area (Å²) in [5, 5.41) is 11.9. The van der Waals surface area contributed by atoms with Crippen LogP contribution >= 0.6 is 0 Å². The van der Waals surface area contributed by atoms with Gasteiger partial charge in [0.2, 0.25) is 17.7 Å². The lowest BCUT2D eigenvalue weighted by atomic mass is 9.70. The molecule has 3 rings (SSSR count). The Morgan fingerprint density at radius 3 is 2.58 bits per heavy atom. The van der Waals surface area contributed by atoms with E-state index in [2.05, 4.69) is 18.5 Å². The van der Waals surface area contributed by atoms with Crippen molar-refractivity contribution in [3.05, 3.63) is 25.3 Å². The van der Waals surface area contributed by atoms with Crippen molar-refractivity contribution in [3.8, 4) is 0 Å². The van der Waals surface area contributed by atoms with Gasteiger partial charge in [-0.1, -0.05) is 25.0 Å². The SMILES string of the molecule is C=CCCC(=O)NC[C@H](C)OC(=O)[C@@H]1[C@H]2C(=O)N(CCCCCCO)[C@H](C(=O)N(CC=C)C(C)C)[C@]23CC[C@H]1O3. The standard InChI is InChI=1S/C30H47N3O7/c1-6-8-13-23(35)31-19-21(5)39-29(38)24-22-14-15-30(40-22)25(24)27(36)33(17-11-9-10-12-18-34)26(30)28(37)32(16-7-2)20(3)4/h6-7,20-22,24-26,34H,1-2,8-19H2,3-5H3,(H,31,35)/t21-,22+,24-,25-,26+,30-/m0/s1. The van der Waals surface area contributed by atoms with Crippen molar-refractivity contribution in [2.45, 2.75) is 102 Å². The molecule has 10 nitrogen and oxygen atoms in total. The molecule has 3 saturated heterocycles. The number of carbonyl (C=O) groups is 4. The molecule has 0 aliphatic carbocycles. The number of aliphatic hydroxyl groups is 1. The van der Waals surface area contributed by atoms with E-state index >= 15 is 0 Å². The maximum atomic E-state index is 14.1. The third-order valence-corrected chi connectivity index (χ3v) is 8.33. The summed E-state index contributed by atoms with van der Waals surface area (Å²) in [7, 11) is 0. The van der Waals surface area contributed by atoms with Gasteiger partial charge in [0.25, 0.3) is 0 Å². The van der Waals surface area contributed by atoms with Crippen LogP contribution in [0.5, 0.6) is 0 Å². The molecule has 0 radical (unpaired) electrons. The van der Waals surface area contributed by atoms with E-state index in [-0.39, 0.29) is 36.9 Å². The van der Waals surface area contributed by atoms with Crippen molar-refractivity contribution in [2.75, 3.05) is 26.2 Å². The first-order chi connectivity index (χ1) is 19.1. The summed E-state index contributed by atoms with van der Waals surface area (Å²) >= 11 is 0. The number of nitrogens with one attached hydrogen (secondary N) is 1. The molecular formula is C30H47N3O7. The minimum absolute atomic E-state index is 0.107. The molecule has 40 heavy (non-hydrogen) atoms. The topological polar surface area (TPSA) is 125 Å². The molecule has 224 valence electrons. The third kappa shape index (κ3) is 6.60. The quantitative estimate of drug-likeness (QED) is 0.159. The van der Waals surface area contributed by atoms with Crippen molar-refractivity contribution in [2.24, 2.45) is 11.8 Å². The second-order valence-corrected chi connectivity index (χ2v) is 11.5. The van der Waals surface area contributed by atoms with Crippen LogP contribution in [0.2, 0.25) is 0 Å². The fraction of sp³-hybridized carbons (Fsp3) is 0.733. The van der Waals surface area contributed by atoms with Gasteiger partial charge in [0.15, 0.2) is 0 Å². The molecular weight excluding hydrogens is 514 g/mol. The first-order valence-corrected chi connectivity index (χ1v) is 14.7. The zero-order valence-corrected chi connectivity index (χ0v) is 24.3. The first kappa shape index (κ1) is 31.8. The van der Waals surface area contributed by atoms with Crippen LogP contribution in [-0.2, 0) is 28.7 Å². The van der Waals surface area contributed by atoms with E-state index in [4.69, 9.17) is 14.6 Å². The monoisotopic (exact) mass is 561 g/mol. The summed E-state index contributed by atoms with van der Waals surface area (Å²) in [6.45, 7) is 14.0. The van der Waals surface area contributed by atoms with E-state index < -0.39 is 41.7 Å². The van der Waals surface area contributed by atoms with E-state index in [1.165, 1.54) is 0 Å². The van der Waals surface area contributed by atoms with Gasteiger partial charge >= 0.3 is 5.97 Å². The van der Waals surface area contributed by atoms with Gasteiger partial charge in [0.05, 0.1) is 24.5 Å². The molecule has 10 heteroatoms. The van der Waals surface area contributed by atoms with Gasteiger partial charge in [0, 0.05) is 32.2 Å². The van der Waals surface area contributed by atoms with Gasteiger partial charge in [-0.05, 0) is 52.9 Å². The number of unbranched alkanes of at least 4 members (excludes halogenated alkanes) is 3. The number of hydrogen-bond donors (Lipinski definition) is 2. The highest BCUT2D eigenvalue weighted by molar-refractivity contribution is 5.98. The van der Waals surface area contributed by atoms with Crippen molar-refractivity contribution in [3.63, 3.8) is 0 Å². The minimum atomic E-state index is -1.08. The van der Waals surface area contributed by atoms with Crippen LogP contribution in [0, 0.1) is 11.8 Å². The maximum Gasteiger partial charge on any atom is 0.312 e. The van der Waals surface area contributed by atoms with Gasteiger partial charge in [-0.2, -0.15) is 0 Å². The van der Waals surface area contributed by atoms with Crippen LogP contribution < -0.4 is 5.32 Å². The summed E-state index contributed by atoms with van der Waals surface area (Å²) in [6.07, 6.45) is 7.23. The number of allylic oxidation sites excluding steroid dienone is 1. The van der Waals surface area contributed by atoms with Gasteiger partial charge in [0.1, 0.15) is 17.7 Å². The minimum Gasteiger partial charge on any atom is -0.460 e. The Bertz CT molecular complexity index is 954. The lowest BCUT2D eigenvalue weighted by Gasteiger charge is -2.38. The van der Waals surface area contributed by atoms with Gasteiger partial charge in [-0.3, -0.25) is 19.2 Å². The molecule has 0 aromatic rings. The average Bonchev–Trinajstić information content (AvgIpc) is 3.56. The molecule has 2 N–H and O–H groups in total. The van der Waals surface area contributed by atoms with Gasteiger partial charge in [-0.15, -0.1) is 13.2 Å². The highest BCUT2D eigenvalue weighted by Crippen LogP contribution is 2.59. The van der Waals surface area contributed by atoms with Crippen molar-refractivity contribution in [1.29, 1.82) is 0 Å². The number of rotatable bonds is 17. The number of amides is 3. The summed E-state index contributed by atoms with van der Waals surface area (Å²) in [5.74, 6) is -2.70. The Labute approximate surface area is 238 Å². The molecule has 3 aliphatic heterocycles. The molecule has 0 saturated carbocycles. The molecule has 0 aromatic carbocycles. The van der Waals surface area contributed by atoms with Crippen molar-refractivity contribution in [1.82, 2.24) is 15.1 Å². The van der Waals surface area contributed by atoms with E-state index in [0.717, 1.165) is 12.8 Å². The van der Waals surface area contributed by atoms with Gasteiger partial charge in [-0.25, -0.2) is 0 Å². The Morgan fingerprint density at radius 2 is 1.93 bits per heavy atom. The predicted molar refractivity (Wildman–Crippen MR) is 150 cm³/mol. The van der Waals surface area contributed by atoms with Gasteiger partial charge < -0.3 is 29.7 Å². The number of aliphatic hydroxyl groups excluding tert-OH is 1. The zero-order chi connectivity index (χ0) is 29.4. The third-order valence-electron chi connectivity index (χ3n) is 8.33. The Kier molecular flexibility index (Phi) is 11.3. The number of ether oxygens (including phenoxy) is 2. The fourth-order valence-electron chi connectivity index (χ4n) is 6.44. The number of fused-ring (bicyclic) bond motifs is 1. The molecule has 0 aromatic heterocycles. The summed E-state index contributed by atoms with van der Waals surface area (Å²) in [4.78, 5) is 56.9. The highest BCUT2D eigenvalue weighted by Gasteiger charge is 2.75. The Hall–Kier alpha value is -2.72. The highest BCUT2D eigenvalue weighted by atomic mass is 16.6. The van der Waals surface area contributed by atoms with Crippen LogP contribution in [0.15, 0.2) is 25.3 Å². The number of esters is 1. The van der Waals surface area contributed by atoms with E-state index in [0.29, 0.717) is 51.6 Å². The zero-order valence-electron chi connectivity index (χ0n) is 24.3. The van der Waals surface area contributed by atoms with Crippen LogP contribution in [0.1, 0.15) is 72.1 Å². The van der Waals surface area contributed by atoms with E-state index in [1.54, 1.807) is 28.9 Å². The molecule has 3 fully saturated rings. The average molecular weight is 562 g/mol. The molecule has 6 atom stereocenters. The number of carbonyl (C=O) groups excluding carboxylic acids is 4. The second kappa shape index (κ2) is 14.3. The first-order valence-electron chi connectivity index (χ1n) is 14.7. The molecule has 2 bridgehead atoms. The number of hydrogen-bond acceptors (Lipinski definition) is 7.